The second-order valence-electron chi connectivity index (χ2n) is 5.54. The van der Waals surface area contributed by atoms with Gasteiger partial charge in [-0.3, -0.25) is 5.10 Å². The first kappa shape index (κ1) is 14.8. The molecule has 22 heavy (non-hydrogen) atoms. The van der Waals surface area contributed by atoms with Gasteiger partial charge in [0.1, 0.15) is 0 Å². The molecule has 1 aromatic carbocycles. The van der Waals surface area contributed by atoms with Crippen LogP contribution < -0.4 is 0 Å². The molecule has 1 aliphatic heterocycles. The molecular weight excluding hydrogens is 296 g/mol. The Labute approximate surface area is 134 Å². The number of rotatable bonds is 3. The number of hydrogen-bond acceptors (Lipinski definition) is 3. The molecule has 0 fully saturated rings. The van der Waals surface area contributed by atoms with E-state index in [1.165, 1.54) is 0 Å². The van der Waals surface area contributed by atoms with Crippen LogP contribution in [0.3, 0.4) is 0 Å². The van der Waals surface area contributed by atoms with Crippen LogP contribution in [0.1, 0.15) is 42.5 Å². The van der Waals surface area contributed by atoms with E-state index in [4.69, 9.17) is 11.6 Å². The molecule has 1 aliphatic rings. The van der Waals surface area contributed by atoms with Crippen LogP contribution >= 0.6 is 11.6 Å². The standard InChI is InChI=1S/C17H17ClN4/c1-3-6-14-12(9-19)16(11-7-4-5-8-13(11)18)15-10(2)21-22-17(15)20-14/h4-5,7-8,12,16H,3,6H2,1-2H3,(H,21,22). The van der Waals surface area contributed by atoms with Gasteiger partial charge >= 0.3 is 0 Å². The van der Waals surface area contributed by atoms with Gasteiger partial charge in [-0.25, -0.2) is 4.99 Å². The first-order valence-electron chi connectivity index (χ1n) is 7.43. The third-order valence-electron chi connectivity index (χ3n) is 4.11. The number of aromatic nitrogens is 2. The number of aliphatic imine (C=N–C) groups is 1. The van der Waals surface area contributed by atoms with Gasteiger partial charge in [-0.05, 0) is 25.0 Å². The highest BCUT2D eigenvalue weighted by Crippen LogP contribution is 2.45. The third kappa shape index (κ3) is 2.32. The third-order valence-corrected chi connectivity index (χ3v) is 4.46. The van der Waals surface area contributed by atoms with Crippen molar-refractivity contribution in [3.8, 4) is 6.07 Å². The number of nitrogens with zero attached hydrogens (tertiary/aromatic N) is 3. The van der Waals surface area contributed by atoms with Crippen LogP contribution in [0.25, 0.3) is 0 Å². The fourth-order valence-corrected chi connectivity index (χ4v) is 3.38. The highest BCUT2D eigenvalue weighted by atomic mass is 35.5. The Balaban J connectivity index is 2.22. The van der Waals surface area contributed by atoms with Crippen LogP contribution in [-0.4, -0.2) is 15.9 Å². The molecule has 0 spiro atoms. The highest BCUT2D eigenvalue weighted by molar-refractivity contribution is 6.31. The van der Waals surface area contributed by atoms with E-state index in [-0.39, 0.29) is 11.8 Å². The van der Waals surface area contributed by atoms with Gasteiger partial charge in [-0.15, -0.1) is 0 Å². The van der Waals surface area contributed by atoms with Crippen molar-refractivity contribution in [1.82, 2.24) is 10.2 Å². The number of H-pyrrole nitrogens is 1. The summed E-state index contributed by atoms with van der Waals surface area (Å²) in [6, 6.07) is 10.2. The SMILES string of the molecule is CCCC1=Nc2n[nH]c(C)c2C(c2ccccc2Cl)C1C#N. The predicted octanol–water partition coefficient (Wildman–Crippen LogP) is 4.53. The Bertz CT molecular complexity index is 769. The van der Waals surface area contributed by atoms with Crippen molar-refractivity contribution < 1.29 is 0 Å². The largest absolute Gasteiger partial charge is 0.280 e. The summed E-state index contributed by atoms with van der Waals surface area (Å²) in [6.45, 7) is 4.05. The van der Waals surface area contributed by atoms with Crippen molar-refractivity contribution in [2.45, 2.75) is 32.6 Å². The van der Waals surface area contributed by atoms with Crippen LogP contribution in [-0.2, 0) is 0 Å². The Morgan fingerprint density at radius 3 is 2.82 bits per heavy atom. The van der Waals surface area contributed by atoms with E-state index in [2.05, 4.69) is 28.2 Å². The molecule has 0 aliphatic carbocycles. The summed E-state index contributed by atoms with van der Waals surface area (Å²) < 4.78 is 0. The normalized spacial score (nSPS) is 20.2. The van der Waals surface area contributed by atoms with Crippen molar-refractivity contribution in [1.29, 1.82) is 5.26 Å². The van der Waals surface area contributed by atoms with Crippen LogP contribution in [0, 0.1) is 24.2 Å². The first-order valence-corrected chi connectivity index (χ1v) is 7.81. The average molecular weight is 313 g/mol. The van der Waals surface area contributed by atoms with E-state index in [0.717, 1.165) is 35.4 Å². The number of aromatic amines is 1. The van der Waals surface area contributed by atoms with E-state index in [9.17, 15) is 5.26 Å². The van der Waals surface area contributed by atoms with E-state index < -0.39 is 0 Å². The molecule has 0 amide bonds. The van der Waals surface area contributed by atoms with Gasteiger partial charge in [0.25, 0.3) is 0 Å². The fourth-order valence-electron chi connectivity index (χ4n) is 3.13. The molecule has 2 heterocycles. The molecule has 3 rings (SSSR count). The zero-order chi connectivity index (χ0) is 15.7. The lowest BCUT2D eigenvalue weighted by molar-refractivity contribution is 0.696. The number of nitriles is 1. The molecule has 0 radical (unpaired) electrons. The molecule has 1 aromatic heterocycles. The van der Waals surface area contributed by atoms with Crippen molar-refractivity contribution in [2.75, 3.05) is 0 Å². The summed E-state index contributed by atoms with van der Waals surface area (Å²) in [5.74, 6) is 0.271. The molecule has 112 valence electrons. The number of benzene rings is 1. The molecule has 0 bridgehead atoms. The van der Waals surface area contributed by atoms with E-state index in [1.54, 1.807) is 0 Å². The second kappa shape index (κ2) is 5.94. The summed E-state index contributed by atoms with van der Waals surface area (Å²) in [6.07, 6.45) is 1.75. The minimum atomic E-state index is -0.302. The lowest BCUT2D eigenvalue weighted by Crippen LogP contribution is -2.25. The van der Waals surface area contributed by atoms with Gasteiger partial charge in [0.15, 0.2) is 5.82 Å². The van der Waals surface area contributed by atoms with Crippen LogP contribution in [0.4, 0.5) is 5.82 Å². The van der Waals surface area contributed by atoms with Gasteiger partial charge in [-0.1, -0.05) is 43.1 Å². The molecule has 0 saturated carbocycles. The second-order valence-corrected chi connectivity index (χ2v) is 5.95. The summed E-state index contributed by atoms with van der Waals surface area (Å²) in [5, 5.41) is 17.7. The molecule has 1 N–H and O–H groups in total. The van der Waals surface area contributed by atoms with Gasteiger partial charge in [-0.2, -0.15) is 10.4 Å². The van der Waals surface area contributed by atoms with E-state index in [1.807, 2.05) is 31.2 Å². The minimum absolute atomic E-state index is 0.119. The summed E-state index contributed by atoms with van der Waals surface area (Å²) in [7, 11) is 0. The minimum Gasteiger partial charge on any atom is -0.280 e. The maximum atomic E-state index is 9.76. The Hall–Kier alpha value is -2.12. The Morgan fingerprint density at radius 1 is 1.36 bits per heavy atom. The van der Waals surface area contributed by atoms with Gasteiger partial charge in [0.05, 0.1) is 12.0 Å². The summed E-state index contributed by atoms with van der Waals surface area (Å²) in [5.41, 5.74) is 3.79. The lowest BCUT2D eigenvalue weighted by Gasteiger charge is -2.28. The van der Waals surface area contributed by atoms with Crippen molar-refractivity contribution in [2.24, 2.45) is 10.9 Å². The molecule has 0 saturated heterocycles. The zero-order valence-electron chi connectivity index (χ0n) is 12.6. The first-order chi connectivity index (χ1) is 10.7. The van der Waals surface area contributed by atoms with E-state index >= 15 is 0 Å². The van der Waals surface area contributed by atoms with Crippen LogP contribution in [0.15, 0.2) is 29.3 Å². The monoisotopic (exact) mass is 312 g/mol. The van der Waals surface area contributed by atoms with Crippen molar-refractivity contribution in [3.05, 3.63) is 46.1 Å². The molecular formula is C17H17ClN4. The van der Waals surface area contributed by atoms with Gasteiger partial charge in [0, 0.05) is 27.9 Å². The molecule has 5 heteroatoms. The fraction of sp³-hybridized carbons (Fsp3) is 0.353. The summed E-state index contributed by atoms with van der Waals surface area (Å²) >= 11 is 6.41. The van der Waals surface area contributed by atoms with Crippen molar-refractivity contribution in [3.63, 3.8) is 0 Å². The molecule has 2 aromatic rings. The number of hydrogen-bond donors (Lipinski definition) is 1. The number of fused-ring (bicyclic) bond motifs is 1. The molecule has 2 atom stereocenters. The van der Waals surface area contributed by atoms with Gasteiger partial charge < -0.3 is 0 Å². The van der Waals surface area contributed by atoms with Crippen LogP contribution in [0.5, 0.6) is 0 Å². The molecule has 4 nitrogen and oxygen atoms in total. The highest BCUT2D eigenvalue weighted by Gasteiger charge is 2.37. The quantitative estimate of drug-likeness (QED) is 0.905. The summed E-state index contributed by atoms with van der Waals surface area (Å²) in [4.78, 5) is 4.62. The Morgan fingerprint density at radius 2 is 2.14 bits per heavy atom. The topological polar surface area (TPSA) is 64.8 Å². The van der Waals surface area contributed by atoms with Crippen molar-refractivity contribution >= 4 is 23.1 Å². The van der Waals surface area contributed by atoms with Gasteiger partial charge in [0.2, 0.25) is 0 Å². The van der Waals surface area contributed by atoms with Crippen LogP contribution in [0.2, 0.25) is 5.02 Å². The maximum absolute atomic E-state index is 9.76. The lowest BCUT2D eigenvalue weighted by atomic mass is 9.76. The van der Waals surface area contributed by atoms with E-state index in [0.29, 0.717) is 10.8 Å². The number of nitrogens with one attached hydrogen (secondary N) is 1. The average Bonchev–Trinajstić information content (AvgIpc) is 2.88. The maximum Gasteiger partial charge on any atom is 0.177 e. The number of aryl methyl sites for hydroxylation is 1. The zero-order valence-corrected chi connectivity index (χ0v) is 13.4. The number of halogens is 1. The Kier molecular flexibility index (Phi) is 4.00. The molecule has 2 unspecified atom stereocenters. The predicted molar refractivity (Wildman–Crippen MR) is 87.7 cm³/mol. The smallest absolute Gasteiger partial charge is 0.177 e.